The van der Waals surface area contributed by atoms with Gasteiger partial charge in [-0.25, -0.2) is 0 Å². The molecule has 36 heavy (non-hydrogen) atoms. The molecule has 6 heteroatoms. The molecule has 0 heterocycles. The van der Waals surface area contributed by atoms with Crippen molar-refractivity contribution >= 4 is 17.8 Å². The molecule has 6 nitrogen and oxygen atoms in total. The van der Waals surface area contributed by atoms with Gasteiger partial charge in [0.15, 0.2) is 0 Å². The standard InChI is InChI=1S/C30H48N2O4/c1-23(2)21-29(34)31-26(16-10-15-24-11-6-4-7-12-24)17-18-27(22-25-13-8-5-9-14-25)32-28(33)19-20-30(35)36-3/h5,8-9,13-14,23-24,26-27H,4,6-7,10-12,15-22H2,1-3H3,(H,31,34)(H,32,33). The van der Waals surface area contributed by atoms with E-state index in [1.807, 2.05) is 18.2 Å². The van der Waals surface area contributed by atoms with Crippen molar-refractivity contribution in [3.63, 3.8) is 0 Å². The van der Waals surface area contributed by atoms with Gasteiger partial charge in [0.1, 0.15) is 0 Å². The summed E-state index contributed by atoms with van der Waals surface area (Å²) in [4.78, 5) is 36.6. The Morgan fingerprint density at radius 2 is 1.56 bits per heavy atom. The maximum atomic E-state index is 12.6. The molecule has 0 aromatic heterocycles. The summed E-state index contributed by atoms with van der Waals surface area (Å²) in [6, 6.07) is 10.2. The van der Waals surface area contributed by atoms with Crippen molar-refractivity contribution < 1.29 is 19.1 Å². The van der Waals surface area contributed by atoms with Crippen molar-refractivity contribution in [2.75, 3.05) is 7.11 Å². The Morgan fingerprint density at radius 1 is 0.889 bits per heavy atom. The van der Waals surface area contributed by atoms with Gasteiger partial charge >= 0.3 is 5.97 Å². The van der Waals surface area contributed by atoms with Gasteiger partial charge in [-0.05, 0) is 43.1 Å². The fourth-order valence-electron chi connectivity index (χ4n) is 5.22. The van der Waals surface area contributed by atoms with Crippen molar-refractivity contribution in [3.8, 4) is 0 Å². The molecule has 1 aliphatic rings. The molecule has 0 saturated heterocycles. The van der Waals surface area contributed by atoms with Crippen molar-refractivity contribution in [1.29, 1.82) is 0 Å². The maximum Gasteiger partial charge on any atom is 0.306 e. The molecule has 0 bridgehead atoms. The third-order valence-electron chi connectivity index (χ3n) is 7.19. The first kappa shape index (κ1) is 29.9. The maximum absolute atomic E-state index is 12.6. The zero-order chi connectivity index (χ0) is 26.2. The summed E-state index contributed by atoms with van der Waals surface area (Å²) in [6.45, 7) is 4.13. The molecule has 2 N–H and O–H groups in total. The monoisotopic (exact) mass is 500 g/mol. The molecule has 0 radical (unpaired) electrons. The van der Waals surface area contributed by atoms with Gasteiger partial charge in [-0.2, -0.15) is 0 Å². The number of amides is 2. The number of ether oxygens (including phenoxy) is 1. The molecular formula is C30H48N2O4. The van der Waals surface area contributed by atoms with Gasteiger partial charge < -0.3 is 15.4 Å². The van der Waals surface area contributed by atoms with Crippen LogP contribution in [0.4, 0.5) is 0 Å². The van der Waals surface area contributed by atoms with Crippen LogP contribution in [0, 0.1) is 11.8 Å². The zero-order valence-electron chi connectivity index (χ0n) is 22.7. The Kier molecular flexibility index (Phi) is 14.2. The number of nitrogens with one attached hydrogen (secondary N) is 2. The Labute approximate surface area is 218 Å². The van der Waals surface area contributed by atoms with E-state index in [1.54, 1.807) is 0 Å². The van der Waals surface area contributed by atoms with E-state index in [0.29, 0.717) is 12.3 Å². The topological polar surface area (TPSA) is 84.5 Å². The minimum atomic E-state index is -0.379. The molecule has 2 unspecified atom stereocenters. The molecule has 202 valence electrons. The number of hydrogen-bond donors (Lipinski definition) is 2. The van der Waals surface area contributed by atoms with Crippen LogP contribution in [0.5, 0.6) is 0 Å². The molecule has 1 aliphatic carbocycles. The first-order chi connectivity index (χ1) is 17.4. The normalized spacial score (nSPS) is 15.8. The second kappa shape index (κ2) is 17.1. The third-order valence-corrected chi connectivity index (χ3v) is 7.19. The molecule has 1 aromatic carbocycles. The summed E-state index contributed by atoms with van der Waals surface area (Å²) >= 11 is 0. The lowest BCUT2D eigenvalue weighted by atomic mass is 9.85. The quantitative estimate of drug-likeness (QED) is 0.284. The van der Waals surface area contributed by atoms with E-state index in [1.165, 1.54) is 45.6 Å². The summed E-state index contributed by atoms with van der Waals surface area (Å²) < 4.78 is 4.67. The van der Waals surface area contributed by atoms with E-state index < -0.39 is 0 Å². The van der Waals surface area contributed by atoms with Gasteiger partial charge in [-0.3, -0.25) is 14.4 Å². The number of rotatable bonds is 16. The van der Waals surface area contributed by atoms with E-state index in [2.05, 4.69) is 41.4 Å². The Bertz CT molecular complexity index is 774. The van der Waals surface area contributed by atoms with Gasteiger partial charge in [0, 0.05) is 24.9 Å². The summed E-state index contributed by atoms with van der Waals surface area (Å²) in [5.41, 5.74) is 1.16. The lowest BCUT2D eigenvalue weighted by Crippen LogP contribution is -2.40. The fourth-order valence-corrected chi connectivity index (χ4v) is 5.22. The highest BCUT2D eigenvalue weighted by molar-refractivity contribution is 5.81. The van der Waals surface area contributed by atoms with E-state index in [-0.39, 0.29) is 42.7 Å². The Hall–Kier alpha value is -2.37. The SMILES string of the molecule is COC(=O)CCC(=O)NC(CCC(CCCC1CCCCC1)NC(=O)CC(C)C)Cc1ccccc1. The van der Waals surface area contributed by atoms with Crippen LogP contribution in [0.1, 0.15) is 103 Å². The summed E-state index contributed by atoms with van der Waals surface area (Å²) in [5.74, 6) is 0.766. The second-order valence-corrected chi connectivity index (χ2v) is 10.9. The zero-order valence-corrected chi connectivity index (χ0v) is 22.7. The van der Waals surface area contributed by atoms with Crippen LogP contribution >= 0.6 is 0 Å². The van der Waals surface area contributed by atoms with Crippen LogP contribution < -0.4 is 10.6 Å². The Morgan fingerprint density at radius 3 is 2.22 bits per heavy atom. The first-order valence-electron chi connectivity index (χ1n) is 14.0. The number of hydrogen-bond acceptors (Lipinski definition) is 4. The van der Waals surface area contributed by atoms with Crippen molar-refractivity contribution in [3.05, 3.63) is 35.9 Å². The van der Waals surface area contributed by atoms with E-state index >= 15 is 0 Å². The van der Waals surface area contributed by atoms with Gasteiger partial charge in [0.25, 0.3) is 0 Å². The molecule has 2 atom stereocenters. The van der Waals surface area contributed by atoms with E-state index in [4.69, 9.17) is 0 Å². The summed E-state index contributed by atoms with van der Waals surface area (Å²) in [5, 5.41) is 6.43. The number of carbonyl (C=O) groups is 3. The van der Waals surface area contributed by atoms with Crippen LogP contribution in [-0.2, 0) is 25.5 Å². The average Bonchev–Trinajstić information content (AvgIpc) is 2.86. The van der Waals surface area contributed by atoms with Gasteiger partial charge in [0.2, 0.25) is 11.8 Å². The first-order valence-corrected chi connectivity index (χ1v) is 14.0. The predicted octanol–water partition coefficient (Wildman–Crippen LogP) is 5.73. The largest absolute Gasteiger partial charge is 0.469 e. The summed E-state index contributed by atoms with van der Waals surface area (Å²) in [7, 11) is 1.33. The molecule has 1 aromatic rings. The molecule has 2 amide bonds. The van der Waals surface area contributed by atoms with E-state index in [0.717, 1.165) is 43.6 Å². The van der Waals surface area contributed by atoms with Crippen LogP contribution in [0.2, 0.25) is 0 Å². The van der Waals surface area contributed by atoms with Crippen LogP contribution in [0.25, 0.3) is 0 Å². The van der Waals surface area contributed by atoms with Crippen LogP contribution in [-0.4, -0.2) is 37.0 Å². The number of esters is 1. The lowest BCUT2D eigenvalue weighted by Gasteiger charge is -2.25. The number of carbonyl (C=O) groups excluding carboxylic acids is 3. The van der Waals surface area contributed by atoms with Crippen LogP contribution in [0.3, 0.4) is 0 Å². The predicted molar refractivity (Wildman–Crippen MR) is 144 cm³/mol. The second-order valence-electron chi connectivity index (χ2n) is 10.9. The molecule has 2 rings (SSSR count). The molecule has 1 fully saturated rings. The molecular weight excluding hydrogens is 452 g/mol. The highest BCUT2D eigenvalue weighted by Gasteiger charge is 2.20. The minimum absolute atomic E-state index is 0.0552. The highest BCUT2D eigenvalue weighted by atomic mass is 16.5. The fraction of sp³-hybridized carbons (Fsp3) is 0.700. The number of methoxy groups -OCH3 is 1. The lowest BCUT2D eigenvalue weighted by molar-refractivity contribution is -0.142. The van der Waals surface area contributed by atoms with Crippen molar-refractivity contribution in [2.24, 2.45) is 11.8 Å². The van der Waals surface area contributed by atoms with Crippen molar-refractivity contribution in [2.45, 2.75) is 116 Å². The highest BCUT2D eigenvalue weighted by Crippen LogP contribution is 2.28. The minimum Gasteiger partial charge on any atom is -0.469 e. The van der Waals surface area contributed by atoms with E-state index in [9.17, 15) is 14.4 Å². The van der Waals surface area contributed by atoms with Crippen molar-refractivity contribution in [1.82, 2.24) is 10.6 Å². The van der Waals surface area contributed by atoms with Gasteiger partial charge in [0.05, 0.1) is 13.5 Å². The molecule has 0 spiro atoms. The smallest absolute Gasteiger partial charge is 0.306 e. The number of benzene rings is 1. The third kappa shape index (κ3) is 13.1. The molecule has 0 aliphatic heterocycles. The van der Waals surface area contributed by atoms with Gasteiger partial charge in [-0.1, -0.05) is 89.1 Å². The molecule has 1 saturated carbocycles. The summed E-state index contributed by atoms with van der Waals surface area (Å²) in [6.07, 6.45) is 13.2. The van der Waals surface area contributed by atoms with Gasteiger partial charge in [-0.15, -0.1) is 0 Å². The average molecular weight is 501 g/mol. The van der Waals surface area contributed by atoms with Crippen LogP contribution in [0.15, 0.2) is 30.3 Å². The Balaban J connectivity index is 1.96.